The number of nitrogens with one attached hydrogen (secondary N) is 1. The van der Waals surface area contributed by atoms with E-state index in [0.717, 1.165) is 39.0 Å². The van der Waals surface area contributed by atoms with Gasteiger partial charge in [0.25, 0.3) is 0 Å². The number of aromatic carboxylic acids is 1. The topological polar surface area (TPSA) is 79.5 Å². The van der Waals surface area contributed by atoms with Crippen LogP contribution < -0.4 is 5.43 Å². The maximum Gasteiger partial charge on any atom is 0.335 e. The van der Waals surface area contributed by atoms with Gasteiger partial charge < -0.3 is 5.11 Å². The van der Waals surface area contributed by atoms with E-state index >= 15 is 0 Å². The third kappa shape index (κ3) is 4.53. The Morgan fingerprint density at radius 1 is 0.941 bits per heavy atom. The maximum absolute atomic E-state index is 11.2. The lowest BCUT2D eigenvalue weighted by molar-refractivity contribution is 0.0697. The van der Waals surface area contributed by atoms with E-state index < -0.39 is 5.97 Å². The zero-order chi connectivity index (χ0) is 23.5. The molecule has 0 aliphatic carbocycles. The number of rotatable bonds is 6. The SMILES string of the molecule is O=C(O)c1ccc(-n2cc(/C=N/Nc3ccc(Cl)cc3)c(-c3ccc4ccccc4c3)n2)cc1. The smallest absolute Gasteiger partial charge is 0.335 e. The fraction of sp³-hybridized carbons (Fsp3) is 0. The Hall–Kier alpha value is -4.42. The quantitative estimate of drug-likeness (QED) is 0.221. The van der Waals surface area contributed by atoms with Crippen molar-refractivity contribution in [2.75, 3.05) is 5.43 Å². The molecule has 0 spiro atoms. The lowest BCUT2D eigenvalue weighted by Crippen LogP contribution is -1.99. The molecule has 1 heterocycles. The van der Waals surface area contributed by atoms with E-state index in [1.165, 1.54) is 0 Å². The normalized spacial score (nSPS) is 11.2. The number of aromatic nitrogens is 2. The summed E-state index contributed by atoms with van der Waals surface area (Å²) in [4.78, 5) is 11.2. The average Bonchev–Trinajstić information content (AvgIpc) is 3.29. The highest BCUT2D eigenvalue weighted by molar-refractivity contribution is 6.30. The monoisotopic (exact) mass is 466 g/mol. The van der Waals surface area contributed by atoms with Crippen molar-refractivity contribution in [3.8, 4) is 16.9 Å². The van der Waals surface area contributed by atoms with Crippen LogP contribution in [0.4, 0.5) is 5.69 Å². The summed E-state index contributed by atoms with van der Waals surface area (Å²) < 4.78 is 1.72. The van der Waals surface area contributed by atoms with Crippen molar-refractivity contribution in [2.45, 2.75) is 0 Å². The van der Waals surface area contributed by atoms with Crippen molar-refractivity contribution < 1.29 is 9.90 Å². The van der Waals surface area contributed by atoms with Crippen molar-refractivity contribution >= 4 is 40.2 Å². The van der Waals surface area contributed by atoms with E-state index in [-0.39, 0.29) is 5.56 Å². The zero-order valence-electron chi connectivity index (χ0n) is 17.9. The van der Waals surface area contributed by atoms with E-state index in [0.29, 0.717) is 5.02 Å². The Kier molecular flexibility index (Phi) is 5.81. The zero-order valence-corrected chi connectivity index (χ0v) is 18.6. The number of anilines is 1. The molecule has 0 amide bonds. The number of carbonyl (C=O) groups is 1. The van der Waals surface area contributed by atoms with Gasteiger partial charge in [-0.15, -0.1) is 0 Å². The lowest BCUT2D eigenvalue weighted by Gasteiger charge is -2.04. The Balaban J connectivity index is 1.53. The van der Waals surface area contributed by atoms with Crippen LogP contribution >= 0.6 is 11.6 Å². The number of hydrazone groups is 1. The van der Waals surface area contributed by atoms with Crippen LogP contribution in [0.15, 0.2) is 102 Å². The number of hydrogen-bond donors (Lipinski definition) is 2. The summed E-state index contributed by atoms with van der Waals surface area (Å²) in [5.74, 6) is -0.968. The van der Waals surface area contributed by atoms with Gasteiger partial charge in [-0.1, -0.05) is 48.0 Å². The van der Waals surface area contributed by atoms with E-state index in [1.807, 2.05) is 36.5 Å². The molecule has 0 bridgehead atoms. The van der Waals surface area contributed by atoms with E-state index in [9.17, 15) is 9.90 Å². The molecule has 0 unspecified atom stereocenters. The first-order chi connectivity index (χ1) is 16.6. The molecule has 1 aromatic heterocycles. The van der Waals surface area contributed by atoms with Crippen molar-refractivity contribution in [3.63, 3.8) is 0 Å². The van der Waals surface area contributed by atoms with Crippen LogP contribution in [0.2, 0.25) is 5.02 Å². The predicted octanol–water partition coefficient (Wildman–Crippen LogP) is 6.49. The molecule has 4 aromatic carbocycles. The minimum absolute atomic E-state index is 0.222. The molecule has 0 aliphatic heterocycles. The summed E-state index contributed by atoms with van der Waals surface area (Å²) >= 11 is 5.95. The molecule has 5 aromatic rings. The van der Waals surface area contributed by atoms with Crippen LogP contribution in [0.5, 0.6) is 0 Å². The highest BCUT2D eigenvalue weighted by Crippen LogP contribution is 2.27. The second-order valence-electron chi connectivity index (χ2n) is 7.67. The van der Waals surface area contributed by atoms with Crippen LogP contribution in [0.25, 0.3) is 27.7 Å². The molecule has 0 saturated carbocycles. The number of halogens is 1. The van der Waals surface area contributed by atoms with Crippen LogP contribution in [0.1, 0.15) is 15.9 Å². The summed E-state index contributed by atoms with van der Waals surface area (Å²) in [6.07, 6.45) is 3.58. The number of carboxylic acid groups (broad SMARTS) is 1. The largest absolute Gasteiger partial charge is 0.478 e. The Bertz CT molecular complexity index is 1510. The van der Waals surface area contributed by atoms with Gasteiger partial charge in [0.2, 0.25) is 0 Å². The van der Waals surface area contributed by atoms with Crippen molar-refractivity contribution in [1.29, 1.82) is 0 Å². The van der Waals surface area contributed by atoms with Crippen molar-refractivity contribution in [2.24, 2.45) is 5.10 Å². The van der Waals surface area contributed by atoms with E-state index in [1.54, 1.807) is 47.3 Å². The van der Waals surface area contributed by atoms with Crippen molar-refractivity contribution in [3.05, 3.63) is 113 Å². The highest BCUT2D eigenvalue weighted by atomic mass is 35.5. The second-order valence-corrected chi connectivity index (χ2v) is 8.10. The van der Waals surface area contributed by atoms with Gasteiger partial charge in [-0.3, -0.25) is 5.43 Å². The molecule has 0 atom stereocenters. The van der Waals surface area contributed by atoms with E-state index in [2.05, 4.69) is 34.8 Å². The van der Waals surface area contributed by atoms with Gasteiger partial charge in [-0.2, -0.15) is 10.2 Å². The highest BCUT2D eigenvalue weighted by Gasteiger charge is 2.12. The summed E-state index contributed by atoms with van der Waals surface area (Å²) in [6, 6.07) is 28.2. The van der Waals surface area contributed by atoms with Crippen LogP contribution in [0, 0.1) is 0 Å². The molecule has 0 saturated heterocycles. The summed E-state index contributed by atoms with van der Waals surface area (Å²) in [7, 11) is 0. The molecule has 2 N–H and O–H groups in total. The molecular weight excluding hydrogens is 448 g/mol. The van der Waals surface area contributed by atoms with E-state index in [4.69, 9.17) is 16.7 Å². The molecule has 5 rings (SSSR count). The first kappa shape index (κ1) is 21.4. The van der Waals surface area contributed by atoms with Gasteiger partial charge in [0.05, 0.1) is 23.2 Å². The van der Waals surface area contributed by atoms with Gasteiger partial charge in [-0.05, 0) is 65.4 Å². The number of hydrogen-bond acceptors (Lipinski definition) is 4. The van der Waals surface area contributed by atoms with Crippen molar-refractivity contribution in [1.82, 2.24) is 9.78 Å². The average molecular weight is 467 g/mol. The Labute approximate surface area is 200 Å². The number of benzene rings is 4. The van der Waals surface area contributed by atoms with Gasteiger partial charge >= 0.3 is 5.97 Å². The minimum atomic E-state index is -0.968. The number of carboxylic acids is 1. The predicted molar refractivity (Wildman–Crippen MR) is 136 cm³/mol. The maximum atomic E-state index is 11.2. The third-order valence-electron chi connectivity index (χ3n) is 5.39. The van der Waals surface area contributed by atoms with Gasteiger partial charge in [0, 0.05) is 22.3 Å². The van der Waals surface area contributed by atoms with Crippen LogP contribution in [0.3, 0.4) is 0 Å². The standard InChI is InChI=1S/C27H19ClN4O2/c28-23-9-11-24(12-10-23)30-29-16-22-17-32(25-13-7-19(8-14-25)27(33)34)31-26(22)21-6-5-18-3-1-2-4-20(18)15-21/h1-17,30H,(H,33,34)/b29-16+. The first-order valence-electron chi connectivity index (χ1n) is 10.5. The molecule has 34 heavy (non-hydrogen) atoms. The Morgan fingerprint density at radius 3 is 2.41 bits per heavy atom. The molecule has 0 fully saturated rings. The number of nitrogens with zero attached hydrogens (tertiary/aromatic N) is 3. The second kappa shape index (κ2) is 9.21. The molecule has 7 heteroatoms. The van der Waals surface area contributed by atoms with Gasteiger partial charge in [0.15, 0.2) is 0 Å². The first-order valence-corrected chi connectivity index (χ1v) is 10.9. The minimum Gasteiger partial charge on any atom is -0.478 e. The number of fused-ring (bicyclic) bond motifs is 1. The molecular formula is C27H19ClN4O2. The van der Waals surface area contributed by atoms with Gasteiger partial charge in [0.1, 0.15) is 5.69 Å². The summed E-state index contributed by atoms with van der Waals surface area (Å²) in [6.45, 7) is 0. The fourth-order valence-electron chi connectivity index (χ4n) is 3.63. The van der Waals surface area contributed by atoms with Gasteiger partial charge in [-0.25, -0.2) is 9.48 Å². The van der Waals surface area contributed by atoms with Crippen LogP contribution in [-0.2, 0) is 0 Å². The lowest BCUT2D eigenvalue weighted by atomic mass is 10.0. The molecule has 0 radical (unpaired) electrons. The van der Waals surface area contributed by atoms with Crippen LogP contribution in [-0.4, -0.2) is 27.1 Å². The third-order valence-corrected chi connectivity index (χ3v) is 5.64. The molecule has 6 nitrogen and oxygen atoms in total. The fourth-order valence-corrected chi connectivity index (χ4v) is 3.76. The molecule has 0 aliphatic rings. The summed E-state index contributed by atoms with van der Waals surface area (Å²) in [5.41, 5.74) is 7.30. The molecule has 166 valence electrons. The summed E-state index contributed by atoms with van der Waals surface area (Å²) in [5, 5.41) is 21.3. The Morgan fingerprint density at radius 2 is 1.68 bits per heavy atom.